The van der Waals surface area contributed by atoms with Crippen LogP contribution in [0.2, 0.25) is 0 Å². The fourth-order valence-electron chi connectivity index (χ4n) is 1.32. The minimum Gasteiger partial charge on any atom is -0.461 e. The van der Waals surface area contributed by atoms with Gasteiger partial charge >= 0.3 is 5.97 Å². The van der Waals surface area contributed by atoms with E-state index in [4.69, 9.17) is 4.74 Å². The summed E-state index contributed by atoms with van der Waals surface area (Å²) in [6, 6.07) is 9.39. The molecule has 0 spiro atoms. The van der Waals surface area contributed by atoms with Crippen LogP contribution in [0, 0.1) is 10.1 Å². The van der Waals surface area contributed by atoms with E-state index >= 15 is 0 Å². The first-order valence-corrected chi connectivity index (χ1v) is 5.50. The Hall–Kier alpha value is -1.91. The van der Waals surface area contributed by atoms with Crippen molar-refractivity contribution < 1.29 is 14.5 Å². The number of benzene rings is 1. The third-order valence-electron chi connectivity index (χ3n) is 2.21. The summed E-state index contributed by atoms with van der Waals surface area (Å²) in [6.45, 7) is 0.168. The third kappa shape index (κ3) is 6.29. The van der Waals surface area contributed by atoms with Crippen molar-refractivity contribution in [3.63, 3.8) is 0 Å². The van der Waals surface area contributed by atoms with E-state index in [1.54, 1.807) is 0 Å². The van der Waals surface area contributed by atoms with Crippen molar-refractivity contribution in [2.45, 2.75) is 25.9 Å². The predicted molar refractivity (Wildman–Crippen MR) is 62.0 cm³/mol. The van der Waals surface area contributed by atoms with Crippen LogP contribution in [0.3, 0.4) is 0 Å². The van der Waals surface area contributed by atoms with E-state index in [1.165, 1.54) is 0 Å². The van der Waals surface area contributed by atoms with Crippen LogP contribution in [-0.4, -0.2) is 17.4 Å². The smallest absolute Gasteiger partial charge is 0.306 e. The van der Waals surface area contributed by atoms with Crippen molar-refractivity contribution in [1.29, 1.82) is 0 Å². The Balaban J connectivity index is 2.11. The van der Waals surface area contributed by atoms with Gasteiger partial charge in [-0.15, -0.1) is 0 Å². The summed E-state index contributed by atoms with van der Waals surface area (Å²) in [7, 11) is 0. The Morgan fingerprint density at radius 2 is 1.94 bits per heavy atom. The largest absolute Gasteiger partial charge is 0.461 e. The molecule has 0 N–H and O–H groups in total. The molecule has 1 rings (SSSR count). The van der Waals surface area contributed by atoms with Gasteiger partial charge in [-0.05, 0) is 12.0 Å². The van der Waals surface area contributed by atoms with E-state index in [0.29, 0.717) is 12.8 Å². The molecule has 92 valence electrons. The van der Waals surface area contributed by atoms with Crippen LogP contribution in [0.4, 0.5) is 0 Å². The molecule has 0 aliphatic heterocycles. The van der Waals surface area contributed by atoms with Crippen molar-refractivity contribution in [1.82, 2.24) is 0 Å². The second-order valence-corrected chi connectivity index (χ2v) is 3.66. The molecule has 1 aromatic rings. The lowest BCUT2D eigenvalue weighted by Crippen LogP contribution is -2.06. The molecule has 17 heavy (non-hydrogen) atoms. The SMILES string of the molecule is O=C(CCCC[N+](=O)[O-])OCc1ccccc1. The average Bonchev–Trinajstić information content (AvgIpc) is 2.33. The van der Waals surface area contributed by atoms with Gasteiger partial charge in [-0.1, -0.05) is 30.3 Å². The van der Waals surface area contributed by atoms with E-state index in [2.05, 4.69) is 0 Å². The molecule has 1 aromatic carbocycles. The zero-order valence-electron chi connectivity index (χ0n) is 9.50. The highest BCUT2D eigenvalue weighted by Crippen LogP contribution is 2.03. The van der Waals surface area contributed by atoms with E-state index in [1.807, 2.05) is 30.3 Å². The molecule has 0 aromatic heterocycles. The number of nitrogens with zero attached hydrogens (tertiary/aromatic N) is 1. The van der Waals surface area contributed by atoms with Gasteiger partial charge < -0.3 is 4.74 Å². The first-order chi connectivity index (χ1) is 8.18. The first-order valence-electron chi connectivity index (χ1n) is 5.50. The number of rotatable bonds is 7. The second kappa shape index (κ2) is 7.38. The summed E-state index contributed by atoms with van der Waals surface area (Å²) >= 11 is 0. The van der Waals surface area contributed by atoms with Gasteiger partial charge in [0.05, 0.1) is 0 Å². The fraction of sp³-hybridized carbons (Fsp3) is 0.417. The number of hydrogen-bond donors (Lipinski definition) is 0. The molecule has 0 fully saturated rings. The van der Waals surface area contributed by atoms with Gasteiger partial charge in [-0.25, -0.2) is 0 Å². The first kappa shape index (κ1) is 13.2. The molecule has 0 aliphatic carbocycles. The number of unbranched alkanes of at least 4 members (excludes halogenated alkanes) is 1. The molecule has 0 unspecified atom stereocenters. The van der Waals surface area contributed by atoms with Gasteiger partial charge in [0.2, 0.25) is 6.54 Å². The van der Waals surface area contributed by atoms with E-state index < -0.39 is 0 Å². The van der Waals surface area contributed by atoms with Crippen LogP contribution >= 0.6 is 0 Å². The maximum atomic E-state index is 11.3. The van der Waals surface area contributed by atoms with Gasteiger partial charge in [-0.2, -0.15) is 0 Å². The molecule has 0 heterocycles. The summed E-state index contributed by atoms with van der Waals surface area (Å²) < 4.78 is 5.03. The Morgan fingerprint density at radius 3 is 2.59 bits per heavy atom. The molecule has 0 bridgehead atoms. The molecule has 0 radical (unpaired) electrons. The number of nitro groups is 1. The zero-order valence-corrected chi connectivity index (χ0v) is 9.50. The maximum Gasteiger partial charge on any atom is 0.306 e. The lowest BCUT2D eigenvalue weighted by Gasteiger charge is -2.03. The number of carbonyl (C=O) groups excluding carboxylic acids is 1. The molecule has 0 saturated heterocycles. The molecule has 5 heteroatoms. The van der Waals surface area contributed by atoms with Crippen molar-refractivity contribution in [2.75, 3.05) is 6.54 Å². The zero-order chi connectivity index (χ0) is 12.5. The van der Waals surface area contributed by atoms with Crippen molar-refractivity contribution in [2.24, 2.45) is 0 Å². The second-order valence-electron chi connectivity index (χ2n) is 3.66. The minimum absolute atomic E-state index is 0.0913. The minimum atomic E-state index is -0.380. The van der Waals surface area contributed by atoms with Gasteiger partial charge in [0.1, 0.15) is 6.61 Å². The standard InChI is InChI=1S/C12H15NO4/c14-12(8-4-5-9-13(15)16)17-10-11-6-2-1-3-7-11/h1-3,6-7H,4-5,8-10H2. The average molecular weight is 237 g/mol. The number of hydrogen-bond acceptors (Lipinski definition) is 4. The van der Waals surface area contributed by atoms with Crippen LogP contribution < -0.4 is 0 Å². The highest BCUT2D eigenvalue weighted by atomic mass is 16.6. The summed E-state index contributed by atoms with van der Waals surface area (Å²) in [6.07, 6.45) is 1.14. The van der Waals surface area contributed by atoms with Crippen molar-refractivity contribution in [3.8, 4) is 0 Å². The summed E-state index contributed by atoms with van der Waals surface area (Å²) in [5.74, 6) is -0.308. The Morgan fingerprint density at radius 1 is 1.24 bits per heavy atom. The summed E-state index contributed by atoms with van der Waals surface area (Å²) in [5, 5.41) is 10.0. The van der Waals surface area contributed by atoms with Crippen molar-refractivity contribution in [3.05, 3.63) is 46.0 Å². The summed E-state index contributed by atoms with van der Waals surface area (Å²) in [5.41, 5.74) is 0.936. The lowest BCUT2D eigenvalue weighted by molar-refractivity contribution is -0.480. The van der Waals surface area contributed by atoms with Gasteiger partial charge in [0.25, 0.3) is 0 Å². The highest BCUT2D eigenvalue weighted by Gasteiger charge is 2.04. The topological polar surface area (TPSA) is 69.4 Å². The molecule has 0 aliphatic rings. The Bertz CT molecular complexity index is 364. The fourth-order valence-corrected chi connectivity index (χ4v) is 1.32. The predicted octanol–water partition coefficient (Wildman–Crippen LogP) is 2.18. The van der Waals surface area contributed by atoms with Crippen LogP contribution in [-0.2, 0) is 16.1 Å². The monoisotopic (exact) mass is 237 g/mol. The maximum absolute atomic E-state index is 11.3. The quantitative estimate of drug-likeness (QED) is 0.315. The van der Waals surface area contributed by atoms with E-state index in [0.717, 1.165) is 5.56 Å². The Kier molecular flexibility index (Phi) is 5.71. The van der Waals surface area contributed by atoms with Crippen LogP contribution in [0.15, 0.2) is 30.3 Å². The van der Waals surface area contributed by atoms with Crippen molar-refractivity contribution >= 4 is 5.97 Å². The molecule has 5 nitrogen and oxygen atoms in total. The number of esters is 1. The lowest BCUT2D eigenvalue weighted by atomic mass is 10.2. The molecule has 0 atom stereocenters. The van der Waals surface area contributed by atoms with E-state index in [-0.39, 0.29) is 30.5 Å². The van der Waals surface area contributed by atoms with Crippen LogP contribution in [0.25, 0.3) is 0 Å². The molecule has 0 saturated carbocycles. The summed E-state index contributed by atoms with van der Waals surface area (Å²) in [4.78, 5) is 20.9. The molecular weight excluding hydrogens is 222 g/mol. The van der Waals surface area contributed by atoms with Gasteiger partial charge in [-0.3, -0.25) is 14.9 Å². The van der Waals surface area contributed by atoms with Crippen LogP contribution in [0.5, 0.6) is 0 Å². The molecular formula is C12H15NO4. The molecule has 0 amide bonds. The van der Waals surface area contributed by atoms with Crippen LogP contribution in [0.1, 0.15) is 24.8 Å². The number of ether oxygens (including phenoxy) is 1. The highest BCUT2D eigenvalue weighted by molar-refractivity contribution is 5.69. The normalized spacial score (nSPS) is 9.88. The van der Waals surface area contributed by atoms with Gasteiger partial charge in [0, 0.05) is 17.8 Å². The van der Waals surface area contributed by atoms with Gasteiger partial charge in [0.15, 0.2) is 0 Å². The Labute approximate surface area is 99.5 Å². The van der Waals surface area contributed by atoms with E-state index in [9.17, 15) is 14.9 Å². The number of carbonyl (C=O) groups is 1. The third-order valence-corrected chi connectivity index (χ3v) is 2.21.